The van der Waals surface area contributed by atoms with Crippen molar-refractivity contribution in [3.63, 3.8) is 0 Å². The van der Waals surface area contributed by atoms with E-state index in [0.29, 0.717) is 23.7 Å². The van der Waals surface area contributed by atoms with Gasteiger partial charge in [0.05, 0.1) is 18.3 Å². The van der Waals surface area contributed by atoms with Gasteiger partial charge in [-0.1, -0.05) is 13.8 Å². The van der Waals surface area contributed by atoms with Crippen LogP contribution in [0.2, 0.25) is 0 Å². The molecule has 25 heavy (non-hydrogen) atoms. The monoisotopic (exact) mass is 344 g/mol. The molecule has 6 saturated carbocycles. The zero-order valence-corrected chi connectivity index (χ0v) is 15.6. The van der Waals surface area contributed by atoms with Crippen molar-refractivity contribution in [2.75, 3.05) is 6.61 Å². The van der Waals surface area contributed by atoms with Crippen LogP contribution in [0, 0.1) is 52.3 Å². The summed E-state index contributed by atoms with van der Waals surface area (Å²) in [7, 11) is 0. The van der Waals surface area contributed by atoms with Gasteiger partial charge in [-0.2, -0.15) is 0 Å². The fraction of sp³-hybridized carbons (Fsp3) is 1.00. The van der Waals surface area contributed by atoms with E-state index in [2.05, 4.69) is 13.8 Å². The Kier molecular flexibility index (Phi) is 2.30. The van der Waals surface area contributed by atoms with Gasteiger partial charge >= 0.3 is 0 Å². The van der Waals surface area contributed by atoms with Crippen molar-refractivity contribution < 1.29 is 14.9 Å². The summed E-state index contributed by atoms with van der Waals surface area (Å²) in [6.07, 6.45) is 7.48. The van der Waals surface area contributed by atoms with E-state index in [1.165, 1.54) is 25.7 Å². The van der Waals surface area contributed by atoms with Gasteiger partial charge in [0.1, 0.15) is 5.60 Å². The first-order valence-electron chi connectivity index (χ1n) is 10.9. The lowest BCUT2D eigenvalue weighted by Crippen LogP contribution is -2.65. The highest BCUT2D eigenvalue weighted by atomic mass is 16.6. The molecular weight excluding hydrogens is 312 g/mol. The molecule has 3 nitrogen and oxygen atoms in total. The zero-order chi connectivity index (χ0) is 17.0. The predicted molar refractivity (Wildman–Crippen MR) is 92.6 cm³/mol. The molecule has 3 heteroatoms. The fourth-order valence-electron chi connectivity index (χ4n) is 9.89. The average Bonchev–Trinajstić information content (AvgIpc) is 3.42. The first-order chi connectivity index (χ1) is 11.9. The van der Waals surface area contributed by atoms with Crippen molar-refractivity contribution >= 4 is 0 Å². The first-order valence-corrected chi connectivity index (χ1v) is 10.9. The lowest BCUT2D eigenvalue weighted by atomic mass is 9.42. The Hall–Kier alpha value is -0.120. The number of epoxide rings is 1. The van der Waals surface area contributed by atoms with Gasteiger partial charge in [-0.05, 0) is 85.4 Å². The van der Waals surface area contributed by atoms with Gasteiger partial charge in [-0.25, -0.2) is 0 Å². The lowest BCUT2D eigenvalue weighted by Gasteiger charge is -2.64. The maximum Gasteiger partial charge on any atom is 0.100 e. The van der Waals surface area contributed by atoms with Crippen LogP contribution >= 0.6 is 0 Å². The van der Waals surface area contributed by atoms with Gasteiger partial charge in [-0.3, -0.25) is 0 Å². The normalized spacial score (nSPS) is 74.4. The fourth-order valence-corrected chi connectivity index (χ4v) is 9.89. The van der Waals surface area contributed by atoms with Gasteiger partial charge < -0.3 is 14.9 Å². The van der Waals surface area contributed by atoms with E-state index in [0.717, 1.165) is 49.0 Å². The Balaban J connectivity index is 1.34. The molecule has 0 radical (unpaired) electrons. The van der Waals surface area contributed by atoms with Crippen LogP contribution < -0.4 is 0 Å². The Morgan fingerprint density at radius 1 is 0.920 bits per heavy atom. The second-order valence-corrected chi connectivity index (χ2v) is 11.6. The summed E-state index contributed by atoms with van der Waals surface area (Å²) < 4.78 is 6.20. The molecular formula is C22H32O3. The molecule has 6 aliphatic carbocycles. The van der Waals surface area contributed by atoms with Crippen molar-refractivity contribution in [1.29, 1.82) is 0 Å². The van der Waals surface area contributed by atoms with Crippen LogP contribution in [0.5, 0.6) is 0 Å². The molecule has 0 amide bonds. The van der Waals surface area contributed by atoms with Crippen LogP contribution in [-0.2, 0) is 4.74 Å². The minimum absolute atomic E-state index is 0.0282. The van der Waals surface area contributed by atoms with E-state index >= 15 is 0 Å². The van der Waals surface area contributed by atoms with Gasteiger partial charge in [0, 0.05) is 11.8 Å². The maximum atomic E-state index is 11.8. The smallest absolute Gasteiger partial charge is 0.100 e. The van der Waals surface area contributed by atoms with E-state index in [-0.39, 0.29) is 17.1 Å². The molecule has 0 bridgehead atoms. The summed E-state index contributed by atoms with van der Waals surface area (Å²) in [5.41, 5.74) is 0.101. The number of aliphatic hydroxyl groups excluding tert-OH is 1. The minimum atomic E-state index is -0.598. The molecule has 7 rings (SSSR count). The molecule has 5 unspecified atom stereocenters. The molecule has 1 heterocycles. The summed E-state index contributed by atoms with van der Waals surface area (Å²) in [6, 6.07) is 0. The third kappa shape index (κ3) is 1.35. The SMILES string of the molecule is C[C@]12CCC3C(C4C[C@H]4[C@]4(O)C[C@@H](O)CC[C@]34C)C1[C@@H]1CC1[C@@]21CO1. The Morgan fingerprint density at radius 3 is 2.40 bits per heavy atom. The van der Waals surface area contributed by atoms with E-state index in [4.69, 9.17) is 4.74 Å². The van der Waals surface area contributed by atoms with Crippen molar-refractivity contribution in [1.82, 2.24) is 0 Å². The second kappa shape index (κ2) is 3.86. The Morgan fingerprint density at radius 2 is 1.64 bits per heavy atom. The van der Waals surface area contributed by atoms with Crippen LogP contribution in [0.1, 0.15) is 58.8 Å². The minimum Gasteiger partial charge on any atom is -0.393 e. The van der Waals surface area contributed by atoms with Gasteiger partial charge in [0.15, 0.2) is 0 Å². The summed E-state index contributed by atoms with van der Waals surface area (Å²) in [6.45, 7) is 5.99. The van der Waals surface area contributed by atoms with Gasteiger partial charge in [0.25, 0.3) is 0 Å². The maximum absolute atomic E-state index is 11.8. The number of hydrogen-bond donors (Lipinski definition) is 2. The van der Waals surface area contributed by atoms with E-state index in [1.54, 1.807) is 0 Å². The molecule has 1 saturated heterocycles. The molecule has 7 fully saturated rings. The van der Waals surface area contributed by atoms with Gasteiger partial charge in [0.2, 0.25) is 0 Å². The number of hydrogen-bond acceptors (Lipinski definition) is 3. The molecule has 1 spiro atoms. The standard InChI is InChI=1S/C22H32O3/c1-19-5-3-11(23)9-21(19,24)15-7-12(15)17-14(19)4-6-20(2)18(17)13-8-16(13)22(20)10-25-22/h11-18,23-24H,3-10H2,1-2H3/t11-,12?,13+,14?,15+,16?,17?,18?,19+,20-,21+,22-/m0/s1. The molecule has 0 aromatic heterocycles. The quantitative estimate of drug-likeness (QED) is 0.664. The van der Waals surface area contributed by atoms with Crippen molar-refractivity contribution in [2.24, 2.45) is 52.3 Å². The molecule has 138 valence electrons. The first kappa shape index (κ1) is 14.9. The Bertz CT molecular complexity index is 672. The highest BCUT2D eigenvalue weighted by Crippen LogP contribution is 2.84. The second-order valence-electron chi connectivity index (χ2n) is 11.6. The number of fused-ring (bicyclic) bond motifs is 12. The predicted octanol–water partition coefficient (Wildman–Crippen LogP) is 2.99. The third-order valence-electron chi connectivity index (χ3n) is 11.2. The number of aliphatic hydroxyl groups is 2. The zero-order valence-electron chi connectivity index (χ0n) is 15.6. The largest absolute Gasteiger partial charge is 0.393 e. The van der Waals surface area contributed by atoms with Crippen LogP contribution in [0.25, 0.3) is 0 Å². The summed E-state index contributed by atoms with van der Waals surface area (Å²) in [5.74, 6) is 5.32. The highest BCUT2D eigenvalue weighted by Gasteiger charge is 2.84. The van der Waals surface area contributed by atoms with Crippen molar-refractivity contribution in [3.05, 3.63) is 0 Å². The third-order valence-corrected chi connectivity index (χ3v) is 11.2. The summed E-state index contributed by atoms with van der Waals surface area (Å²) in [5, 5.41) is 22.1. The van der Waals surface area contributed by atoms with Crippen LogP contribution in [-0.4, -0.2) is 34.1 Å². The van der Waals surface area contributed by atoms with Crippen LogP contribution in [0.4, 0.5) is 0 Å². The van der Waals surface area contributed by atoms with Crippen molar-refractivity contribution in [2.45, 2.75) is 76.1 Å². The highest BCUT2D eigenvalue weighted by molar-refractivity contribution is 5.32. The summed E-state index contributed by atoms with van der Waals surface area (Å²) >= 11 is 0. The molecule has 0 aromatic carbocycles. The number of rotatable bonds is 0. The van der Waals surface area contributed by atoms with Crippen LogP contribution in [0.15, 0.2) is 0 Å². The molecule has 1 aliphatic heterocycles. The average molecular weight is 344 g/mol. The molecule has 12 atom stereocenters. The lowest BCUT2D eigenvalue weighted by molar-refractivity contribution is -0.228. The van der Waals surface area contributed by atoms with Gasteiger partial charge in [-0.15, -0.1) is 0 Å². The van der Waals surface area contributed by atoms with Crippen molar-refractivity contribution in [3.8, 4) is 0 Å². The Labute approximate surface area is 150 Å². The topological polar surface area (TPSA) is 53.0 Å². The van der Waals surface area contributed by atoms with E-state index < -0.39 is 5.60 Å². The van der Waals surface area contributed by atoms with Crippen LogP contribution in [0.3, 0.4) is 0 Å². The molecule has 2 N–H and O–H groups in total. The van der Waals surface area contributed by atoms with E-state index in [9.17, 15) is 10.2 Å². The molecule has 0 aromatic rings. The summed E-state index contributed by atoms with van der Waals surface area (Å²) in [4.78, 5) is 0. The number of ether oxygens (including phenoxy) is 1. The molecule has 7 aliphatic rings. The van der Waals surface area contributed by atoms with E-state index in [1.807, 2.05) is 0 Å².